The van der Waals surface area contributed by atoms with Crippen molar-refractivity contribution in [2.24, 2.45) is 5.92 Å². The zero-order valence-corrected chi connectivity index (χ0v) is 24.0. The SMILES string of the molecule is CCC(CN(CC(=O)N1CCN(C)CC1)Cc1cccc(OC)c1)N(Cc1cccc(OC)c1)C(=O)C1CC1. The third-order valence-corrected chi connectivity index (χ3v) is 7.83. The Morgan fingerprint density at radius 3 is 2.05 bits per heavy atom. The minimum Gasteiger partial charge on any atom is -0.497 e. The van der Waals surface area contributed by atoms with Gasteiger partial charge in [-0.2, -0.15) is 0 Å². The molecule has 2 aromatic carbocycles. The van der Waals surface area contributed by atoms with Crippen molar-refractivity contribution in [3.63, 3.8) is 0 Å². The van der Waals surface area contributed by atoms with Gasteiger partial charge in [0.1, 0.15) is 11.5 Å². The monoisotopic (exact) mass is 536 g/mol. The molecule has 212 valence electrons. The van der Waals surface area contributed by atoms with Crippen LogP contribution in [-0.4, -0.2) is 98.0 Å². The minimum atomic E-state index is -0.0183. The lowest BCUT2D eigenvalue weighted by Crippen LogP contribution is -2.52. The van der Waals surface area contributed by atoms with E-state index in [0.29, 0.717) is 26.2 Å². The highest BCUT2D eigenvalue weighted by molar-refractivity contribution is 5.81. The van der Waals surface area contributed by atoms with E-state index in [-0.39, 0.29) is 23.8 Å². The van der Waals surface area contributed by atoms with Gasteiger partial charge in [-0.15, -0.1) is 0 Å². The van der Waals surface area contributed by atoms with Crippen LogP contribution < -0.4 is 9.47 Å². The lowest BCUT2D eigenvalue weighted by atomic mass is 10.1. The summed E-state index contributed by atoms with van der Waals surface area (Å²) in [6, 6.07) is 15.9. The van der Waals surface area contributed by atoms with E-state index < -0.39 is 0 Å². The predicted molar refractivity (Wildman–Crippen MR) is 153 cm³/mol. The first-order chi connectivity index (χ1) is 18.9. The molecule has 1 saturated heterocycles. The Hall–Kier alpha value is -3.10. The largest absolute Gasteiger partial charge is 0.497 e. The first-order valence-electron chi connectivity index (χ1n) is 14.1. The number of carbonyl (C=O) groups excluding carboxylic acids is 2. The Labute approximate surface area is 233 Å². The zero-order chi connectivity index (χ0) is 27.8. The molecule has 2 aliphatic rings. The predicted octanol–water partition coefficient (Wildman–Crippen LogP) is 3.50. The number of piperazine rings is 1. The van der Waals surface area contributed by atoms with E-state index in [9.17, 15) is 9.59 Å². The van der Waals surface area contributed by atoms with Crippen LogP contribution in [0.15, 0.2) is 48.5 Å². The molecule has 0 N–H and O–H groups in total. The molecule has 0 aromatic heterocycles. The third kappa shape index (κ3) is 8.19. The van der Waals surface area contributed by atoms with Crippen molar-refractivity contribution in [3.05, 3.63) is 59.7 Å². The molecule has 39 heavy (non-hydrogen) atoms. The second-order valence-corrected chi connectivity index (χ2v) is 10.9. The molecule has 0 radical (unpaired) electrons. The molecule has 4 rings (SSSR count). The lowest BCUT2D eigenvalue weighted by molar-refractivity contribution is -0.137. The molecular weight excluding hydrogens is 492 g/mol. The molecule has 0 bridgehead atoms. The fraction of sp³-hybridized carbons (Fsp3) is 0.548. The van der Waals surface area contributed by atoms with Gasteiger partial charge in [-0.25, -0.2) is 0 Å². The van der Waals surface area contributed by atoms with Crippen molar-refractivity contribution in [3.8, 4) is 11.5 Å². The summed E-state index contributed by atoms with van der Waals surface area (Å²) < 4.78 is 10.9. The molecule has 2 fully saturated rings. The quantitative estimate of drug-likeness (QED) is 0.391. The fourth-order valence-corrected chi connectivity index (χ4v) is 5.23. The Morgan fingerprint density at radius 1 is 0.923 bits per heavy atom. The number of hydrogen-bond acceptors (Lipinski definition) is 6. The van der Waals surface area contributed by atoms with Crippen LogP contribution in [0.4, 0.5) is 0 Å². The van der Waals surface area contributed by atoms with Crippen molar-refractivity contribution in [1.82, 2.24) is 19.6 Å². The summed E-state index contributed by atoms with van der Waals surface area (Å²) in [5.41, 5.74) is 2.14. The van der Waals surface area contributed by atoms with Crippen molar-refractivity contribution in [2.45, 2.75) is 45.3 Å². The van der Waals surface area contributed by atoms with Crippen molar-refractivity contribution >= 4 is 11.8 Å². The van der Waals surface area contributed by atoms with Gasteiger partial charge in [0.05, 0.1) is 20.8 Å². The summed E-state index contributed by atoms with van der Waals surface area (Å²) in [6.07, 6.45) is 2.72. The highest BCUT2D eigenvalue weighted by atomic mass is 16.5. The van der Waals surface area contributed by atoms with Crippen LogP contribution in [0.5, 0.6) is 11.5 Å². The van der Waals surface area contributed by atoms with Crippen LogP contribution in [0.25, 0.3) is 0 Å². The Balaban J connectivity index is 1.55. The number of benzene rings is 2. The molecule has 8 heteroatoms. The van der Waals surface area contributed by atoms with Gasteiger partial charge in [-0.05, 0) is 61.7 Å². The van der Waals surface area contributed by atoms with E-state index >= 15 is 0 Å². The van der Waals surface area contributed by atoms with Crippen molar-refractivity contribution in [2.75, 3.05) is 60.5 Å². The van der Waals surface area contributed by atoms with E-state index in [4.69, 9.17) is 9.47 Å². The second kappa shape index (κ2) is 13.8. The molecule has 1 unspecified atom stereocenters. The van der Waals surface area contributed by atoms with Gasteiger partial charge in [0, 0.05) is 57.8 Å². The zero-order valence-electron chi connectivity index (χ0n) is 24.0. The van der Waals surface area contributed by atoms with Gasteiger partial charge >= 0.3 is 0 Å². The maximum atomic E-state index is 13.6. The van der Waals surface area contributed by atoms with E-state index in [2.05, 4.69) is 29.8 Å². The molecule has 1 aliphatic carbocycles. The normalized spacial score (nSPS) is 16.7. The van der Waals surface area contributed by atoms with E-state index in [1.807, 2.05) is 52.3 Å². The van der Waals surface area contributed by atoms with Crippen LogP contribution >= 0.6 is 0 Å². The van der Waals surface area contributed by atoms with Gasteiger partial charge in [-0.3, -0.25) is 14.5 Å². The summed E-state index contributed by atoms with van der Waals surface area (Å²) in [5.74, 6) is 2.07. The van der Waals surface area contributed by atoms with Crippen LogP contribution in [0.3, 0.4) is 0 Å². The number of hydrogen-bond donors (Lipinski definition) is 0. The first kappa shape index (κ1) is 28.9. The average molecular weight is 537 g/mol. The number of rotatable bonds is 13. The highest BCUT2D eigenvalue weighted by Crippen LogP contribution is 2.33. The Kier molecular flexibility index (Phi) is 10.2. The van der Waals surface area contributed by atoms with E-state index in [1.54, 1.807) is 14.2 Å². The Morgan fingerprint density at radius 2 is 1.51 bits per heavy atom. The van der Waals surface area contributed by atoms with Gasteiger partial charge in [-0.1, -0.05) is 31.2 Å². The average Bonchev–Trinajstić information content (AvgIpc) is 3.81. The van der Waals surface area contributed by atoms with E-state index in [1.165, 1.54) is 0 Å². The number of nitrogens with zero attached hydrogens (tertiary/aromatic N) is 4. The van der Waals surface area contributed by atoms with Gasteiger partial charge < -0.3 is 24.2 Å². The molecule has 8 nitrogen and oxygen atoms in total. The molecule has 1 atom stereocenters. The molecule has 1 heterocycles. The summed E-state index contributed by atoms with van der Waals surface area (Å²) in [5, 5.41) is 0. The summed E-state index contributed by atoms with van der Waals surface area (Å²) in [6.45, 7) is 7.51. The molecule has 1 saturated carbocycles. The number of methoxy groups -OCH3 is 2. The van der Waals surface area contributed by atoms with E-state index in [0.717, 1.165) is 68.1 Å². The smallest absolute Gasteiger partial charge is 0.236 e. The summed E-state index contributed by atoms with van der Waals surface area (Å²) in [7, 11) is 5.42. The second-order valence-electron chi connectivity index (χ2n) is 10.9. The third-order valence-electron chi connectivity index (χ3n) is 7.83. The highest BCUT2D eigenvalue weighted by Gasteiger charge is 2.36. The van der Waals surface area contributed by atoms with Crippen LogP contribution in [0.1, 0.15) is 37.3 Å². The van der Waals surface area contributed by atoms with Crippen LogP contribution in [0, 0.1) is 5.92 Å². The topological polar surface area (TPSA) is 65.6 Å². The first-order valence-corrected chi connectivity index (χ1v) is 14.1. The summed E-state index contributed by atoms with van der Waals surface area (Å²) in [4.78, 5) is 35.5. The van der Waals surface area contributed by atoms with Gasteiger partial charge in [0.2, 0.25) is 11.8 Å². The van der Waals surface area contributed by atoms with Crippen molar-refractivity contribution in [1.29, 1.82) is 0 Å². The number of likely N-dealkylation sites (N-methyl/N-ethyl adjacent to an activating group) is 1. The maximum absolute atomic E-state index is 13.6. The van der Waals surface area contributed by atoms with Crippen molar-refractivity contribution < 1.29 is 19.1 Å². The number of amides is 2. The van der Waals surface area contributed by atoms with Crippen LogP contribution in [0.2, 0.25) is 0 Å². The molecule has 2 amide bonds. The molecular formula is C31H44N4O4. The standard InChI is InChI=1S/C31H44N4O4/c1-5-27(35(31(37)26-12-13-26)21-25-9-7-11-29(19-25)39-4)22-33(20-24-8-6-10-28(18-24)38-3)23-30(36)34-16-14-32(2)15-17-34/h6-11,18-19,26-27H,5,12-17,20-23H2,1-4H3. The van der Waals surface area contributed by atoms with Gasteiger partial charge in [0.15, 0.2) is 0 Å². The maximum Gasteiger partial charge on any atom is 0.236 e. The fourth-order valence-electron chi connectivity index (χ4n) is 5.23. The molecule has 1 aliphatic heterocycles. The van der Waals surface area contributed by atoms with Gasteiger partial charge in [0.25, 0.3) is 0 Å². The minimum absolute atomic E-state index is 0.0183. The summed E-state index contributed by atoms with van der Waals surface area (Å²) >= 11 is 0. The molecule has 2 aromatic rings. The number of carbonyl (C=O) groups is 2. The molecule has 0 spiro atoms. The Bertz CT molecular complexity index is 1100. The lowest BCUT2D eigenvalue weighted by Gasteiger charge is -2.37. The van der Waals surface area contributed by atoms with Crippen LogP contribution in [-0.2, 0) is 22.7 Å². The number of ether oxygens (including phenoxy) is 2.